The van der Waals surface area contributed by atoms with Crippen LogP contribution in [-0.2, 0) is 6.54 Å². The summed E-state index contributed by atoms with van der Waals surface area (Å²) in [6.07, 6.45) is 3.46. The molecule has 0 aliphatic rings. The molecule has 0 aliphatic heterocycles. The average molecular weight is 451 g/mol. The minimum absolute atomic E-state index is 0.0335. The van der Waals surface area contributed by atoms with Crippen molar-refractivity contribution in [2.24, 2.45) is 0 Å². The van der Waals surface area contributed by atoms with Crippen molar-refractivity contribution < 1.29 is 4.42 Å². The first-order valence-corrected chi connectivity index (χ1v) is 9.91. The van der Waals surface area contributed by atoms with E-state index in [1.165, 1.54) is 0 Å². The van der Waals surface area contributed by atoms with Crippen LogP contribution in [0.4, 0.5) is 47.4 Å². The molecule has 0 amide bonds. The van der Waals surface area contributed by atoms with Gasteiger partial charge in [-0.05, 0) is 12.1 Å². The molecular weight excluding hydrogens is 426 g/mol. The largest absolute Gasteiger partial charge is 0.448 e. The van der Waals surface area contributed by atoms with Crippen LogP contribution in [-0.4, -0.2) is 63.1 Å². The van der Waals surface area contributed by atoms with Gasteiger partial charge in [0.15, 0.2) is 0 Å². The van der Waals surface area contributed by atoms with Gasteiger partial charge in [0.25, 0.3) is 0 Å². The minimum atomic E-state index is 0.0335. The SMILES string of the molecule is CN(C)c1nc(Nc2ccc[nH]2)nc(N(C)Cc2coc(N(C)c3nc(N)nc(N)n3)c2)n1. The zero-order valence-corrected chi connectivity index (χ0v) is 18.7. The van der Waals surface area contributed by atoms with Gasteiger partial charge in [-0.25, -0.2) is 0 Å². The van der Waals surface area contributed by atoms with Crippen LogP contribution in [0.2, 0.25) is 0 Å². The summed E-state index contributed by atoms with van der Waals surface area (Å²) in [5.41, 5.74) is 12.2. The van der Waals surface area contributed by atoms with Crippen molar-refractivity contribution in [3.8, 4) is 0 Å². The second-order valence-electron chi connectivity index (χ2n) is 7.42. The highest BCUT2D eigenvalue weighted by atomic mass is 16.3. The molecule has 0 aromatic carbocycles. The molecule has 4 rings (SSSR count). The fourth-order valence-corrected chi connectivity index (χ4v) is 2.92. The third kappa shape index (κ3) is 5.00. The van der Waals surface area contributed by atoms with Crippen LogP contribution in [0.3, 0.4) is 0 Å². The molecule has 172 valence electrons. The molecule has 0 aliphatic carbocycles. The molecule has 0 unspecified atom stereocenters. The summed E-state index contributed by atoms with van der Waals surface area (Å²) in [7, 11) is 7.37. The fraction of sp³-hybridized carbons (Fsp3) is 0.263. The number of nitrogen functional groups attached to an aromatic ring is 2. The number of aromatic amines is 1. The Bertz CT molecular complexity index is 1200. The third-order valence-corrected chi connectivity index (χ3v) is 4.55. The Kier molecular flexibility index (Phi) is 5.80. The predicted molar refractivity (Wildman–Crippen MR) is 126 cm³/mol. The van der Waals surface area contributed by atoms with Gasteiger partial charge in [-0.3, -0.25) is 4.90 Å². The molecule has 6 N–H and O–H groups in total. The van der Waals surface area contributed by atoms with Crippen molar-refractivity contribution in [1.82, 2.24) is 34.9 Å². The van der Waals surface area contributed by atoms with Crippen molar-refractivity contribution in [2.45, 2.75) is 6.54 Å². The van der Waals surface area contributed by atoms with Crippen LogP contribution in [0.5, 0.6) is 0 Å². The van der Waals surface area contributed by atoms with E-state index in [4.69, 9.17) is 15.9 Å². The standard InChI is InChI=1S/C19H25N13O/c1-30(2)17-27-16(23-12-6-5-7-22-12)28-18(29-17)31(3)9-11-8-13(33-10-11)32(4)19-25-14(20)24-15(21)26-19/h5-8,10,22H,9H2,1-4H3,(H,23,27,28,29)(H4,20,21,24,25,26). The smallest absolute Gasteiger partial charge is 0.238 e. The Balaban J connectivity index is 1.53. The van der Waals surface area contributed by atoms with Crippen LogP contribution in [0, 0.1) is 0 Å². The highest BCUT2D eigenvalue weighted by molar-refractivity contribution is 5.54. The summed E-state index contributed by atoms with van der Waals surface area (Å²) in [4.78, 5) is 33.9. The monoisotopic (exact) mass is 451 g/mol. The van der Waals surface area contributed by atoms with E-state index in [-0.39, 0.29) is 17.8 Å². The molecule has 0 saturated carbocycles. The normalized spacial score (nSPS) is 10.8. The molecule has 0 atom stereocenters. The second-order valence-corrected chi connectivity index (χ2v) is 7.42. The quantitative estimate of drug-likeness (QED) is 0.302. The molecule has 0 fully saturated rings. The maximum Gasteiger partial charge on any atom is 0.238 e. The maximum atomic E-state index is 5.69. The molecule has 0 bridgehead atoms. The highest BCUT2D eigenvalue weighted by Crippen LogP contribution is 2.25. The molecule has 0 spiro atoms. The number of aromatic nitrogens is 7. The van der Waals surface area contributed by atoms with Crippen LogP contribution in [0.1, 0.15) is 5.56 Å². The van der Waals surface area contributed by atoms with E-state index >= 15 is 0 Å². The van der Waals surface area contributed by atoms with Crippen molar-refractivity contribution in [2.75, 3.05) is 59.7 Å². The first-order valence-electron chi connectivity index (χ1n) is 9.91. The van der Waals surface area contributed by atoms with Gasteiger partial charge in [0.05, 0.1) is 6.26 Å². The van der Waals surface area contributed by atoms with E-state index in [1.807, 2.05) is 55.3 Å². The molecule has 4 heterocycles. The van der Waals surface area contributed by atoms with E-state index in [2.05, 4.69) is 40.2 Å². The van der Waals surface area contributed by atoms with E-state index in [0.717, 1.165) is 11.4 Å². The third-order valence-electron chi connectivity index (χ3n) is 4.55. The molecule has 0 saturated heterocycles. The van der Waals surface area contributed by atoms with Gasteiger partial charge in [-0.2, -0.15) is 29.9 Å². The summed E-state index contributed by atoms with van der Waals surface area (Å²) in [6.45, 7) is 0.484. The van der Waals surface area contributed by atoms with Crippen molar-refractivity contribution in [1.29, 1.82) is 0 Å². The lowest BCUT2D eigenvalue weighted by atomic mass is 10.3. The first kappa shape index (κ1) is 21.6. The van der Waals surface area contributed by atoms with Gasteiger partial charge >= 0.3 is 0 Å². The van der Waals surface area contributed by atoms with Gasteiger partial charge in [-0.1, -0.05) is 0 Å². The minimum Gasteiger partial charge on any atom is -0.448 e. The number of rotatable bonds is 8. The number of nitrogens with one attached hydrogen (secondary N) is 2. The van der Waals surface area contributed by atoms with Crippen LogP contribution in [0.15, 0.2) is 35.1 Å². The van der Waals surface area contributed by atoms with Crippen molar-refractivity contribution in [3.05, 3.63) is 36.2 Å². The number of anilines is 8. The second kappa shape index (κ2) is 8.86. The van der Waals surface area contributed by atoms with E-state index in [9.17, 15) is 0 Å². The van der Waals surface area contributed by atoms with Gasteiger partial charge in [0, 0.05) is 52.6 Å². The van der Waals surface area contributed by atoms with Crippen molar-refractivity contribution in [3.63, 3.8) is 0 Å². The summed E-state index contributed by atoms with van der Waals surface area (Å²) in [5, 5.41) is 3.15. The lowest BCUT2D eigenvalue weighted by Crippen LogP contribution is -2.22. The Labute approximate surface area is 189 Å². The zero-order valence-electron chi connectivity index (χ0n) is 18.7. The molecular formula is C19H25N13O. The topological polar surface area (TPSA) is 180 Å². The van der Waals surface area contributed by atoms with Gasteiger partial charge in [-0.15, -0.1) is 0 Å². The zero-order chi connectivity index (χ0) is 23.5. The Morgan fingerprint density at radius 3 is 2.33 bits per heavy atom. The van der Waals surface area contributed by atoms with Gasteiger partial charge < -0.3 is 36.0 Å². The predicted octanol–water partition coefficient (Wildman–Crippen LogP) is 1.36. The number of furan rings is 1. The number of nitrogens with two attached hydrogens (primary N) is 2. The van der Waals surface area contributed by atoms with Gasteiger partial charge in [0.2, 0.25) is 41.6 Å². The molecule has 4 aromatic rings. The summed E-state index contributed by atoms with van der Waals surface area (Å²) >= 11 is 0. The summed E-state index contributed by atoms with van der Waals surface area (Å²) < 4.78 is 5.69. The van der Waals surface area contributed by atoms with E-state index < -0.39 is 0 Å². The number of hydrogen-bond donors (Lipinski definition) is 4. The average Bonchev–Trinajstić information content (AvgIpc) is 3.44. The van der Waals surface area contributed by atoms with E-state index in [1.54, 1.807) is 18.2 Å². The lowest BCUT2D eigenvalue weighted by Gasteiger charge is -2.19. The molecule has 33 heavy (non-hydrogen) atoms. The number of nitrogens with zero attached hydrogens (tertiary/aromatic N) is 9. The number of hydrogen-bond acceptors (Lipinski definition) is 13. The fourth-order valence-electron chi connectivity index (χ4n) is 2.92. The van der Waals surface area contributed by atoms with Gasteiger partial charge in [0.1, 0.15) is 5.82 Å². The Hall–Kier alpha value is -4.62. The first-order chi connectivity index (χ1) is 15.8. The van der Waals surface area contributed by atoms with E-state index in [0.29, 0.717) is 30.3 Å². The molecule has 0 radical (unpaired) electrons. The summed E-state index contributed by atoms with van der Waals surface area (Å²) in [5.74, 6) is 3.09. The summed E-state index contributed by atoms with van der Waals surface area (Å²) in [6, 6.07) is 5.63. The molecule has 14 nitrogen and oxygen atoms in total. The lowest BCUT2D eigenvalue weighted by molar-refractivity contribution is 0.564. The van der Waals surface area contributed by atoms with Crippen LogP contribution < -0.4 is 31.5 Å². The Morgan fingerprint density at radius 1 is 0.939 bits per heavy atom. The Morgan fingerprint density at radius 2 is 1.67 bits per heavy atom. The van der Waals surface area contributed by atoms with Crippen LogP contribution >= 0.6 is 0 Å². The van der Waals surface area contributed by atoms with Crippen molar-refractivity contribution >= 4 is 47.4 Å². The maximum absolute atomic E-state index is 5.69. The van der Waals surface area contributed by atoms with Crippen LogP contribution in [0.25, 0.3) is 0 Å². The molecule has 14 heteroatoms. The highest BCUT2D eigenvalue weighted by Gasteiger charge is 2.17. The molecule has 4 aromatic heterocycles. The number of H-pyrrole nitrogens is 1.